The molecule has 30 heavy (non-hydrogen) atoms. The number of nitrogens with zero attached hydrogens (tertiary/aromatic N) is 4. The number of benzene rings is 2. The van der Waals surface area contributed by atoms with E-state index in [-0.39, 0.29) is 21.4 Å². The zero-order valence-electron chi connectivity index (χ0n) is 15.0. The SMILES string of the molecule is O=C(Nc1nc(-c2ccc(F)c(Cl)c2)cs1)c1ccc(-n2ccnc2)c([N+](=O)[O-])c1. The molecule has 8 nitrogen and oxygen atoms in total. The molecule has 11 heteroatoms. The third-order valence-electron chi connectivity index (χ3n) is 4.16. The van der Waals surface area contributed by atoms with Crippen LogP contribution < -0.4 is 5.32 Å². The molecule has 0 aliphatic carbocycles. The number of amides is 1. The van der Waals surface area contributed by atoms with Gasteiger partial charge in [0.1, 0.15) is 11.5 Å². The van der Waals surface area contributed by atoms with Crippen LogP contribution in [0.5, 0.6) is 0 Å². The van der Waals surface area contributed by atoms with E-state index in [9.17, 15) is 19.3 Å². The van der Waals surface area contributed by atoms with E-state index in [0.29, 0.717) is 16.9 Å². The minimum absolute atomic E-state index is 0.0311. The predicted octanol–water partition coefficient (Wildman–Crippen LogP) is 4.95. The predicted molar refractivity (Wildman–Crippen MR) is 111 cm³/mol. The molecule has 0 atom stereocenters. The highest BCUT2D eigenvalue weighted by Gasteiger charge is 2.19. The average Bonchev–Trinajstić information content (AvgIpc) is 3.42. The summed E-state index contributed by atoms with van der Waals surface area (Å²) in [4.78, 5) is 31.6. The average molecular weight is 444 g/mol. The summed E-state index contributed by atoms with van der Waals surface area (Å²) in [5.74, 6) is -1.08. The second-order valence-electron chi connectivity index (χ2n) is 6.05. The van der Waals surface area contributed by atoms with Gasteiger partial charge in [-0.2, -0.15) is 0 Å². The molecule has 0 saturated carbocycles. The van der Waals surface area contributed by atoms with Crippen molar-refractivity contribution in [3.63, 3.8) is 0 Å². The van der Waals surface area contributed by atoms with Gasteiger partial charge in [-0.1, -0.05) is 11.6 Å². The van der Waals surface area contributed by atoms with E-state index in [2.05, 4.69) is 15.3 Å². The van der Waals surface area contributed by atoms with E-state index in [1.807, 2.05) is 0 Å². The highest BCUT2D eigenvalue weighted by atomic mass is 35.5. The molecule has 0 bridgehead atoms. The zero-order valence-corrected chi connectivity index (χ0v) is 16.5. The Balaban J connectivity index is 1.57. The molecule has 0 fully saturated rings. The largest absolute Gasteiger partial charge is 0.300 e. The van der Waals surface area contributed by atoms with Gasteiger partial charge in [0.05, 0.1) is 22.0 Å². The zero-order chi connectivity index (χ0) is 21.3. The van der Waals surface area contributed by atoms with Crippen LogP contribution in [-0.4, -0.2) is 25.4 Å². The number of nitro groups is 1. The van der Waals surface area contributed by atoms with E-state index < -0.39 is 16.6 Å². The second kappa shape index (κ2) is 8.01. The third-order valence-corrected chi connectivity index (χ3v) is 5.20. The lowest BCUT2D eigenvalue weighted by molar-refractivity contribution is -0.384. The lowest BCUT2D eigenvalue weighted by Gasteiger charge is -2.06. The van der Waals surface area contributed by atoms with Crippen molar-refractivity contribution in [1.82, 2.24) is 14.5 Å². The van der Waals surface area contributed by atoms with Gasteiger partial charge < -0.3 is 4.57 Å². The summed E-state index contributed by atoms with van der Waals surface area (Å²) in [6.45, 7) is 0. The van der Waals surface area contributed by atoms with Crippen LogP contribution in [0.15, 0.2) is 60.5 Å². The molecule has 2 aromatic carbocycles. The van der Waals surface area contributed by atoms with Crippen molar-refractivity contribution in [2.75, 3.05) is 5.32 Å². The maximum absolute atomic E-state index is 13.3. The molecule has 0 spiro atoms. The van der Waals surface area contributed by atoms with Crippen LogP contribution in [-0.2, 0) is 0 Å². The van der Waals surface area contributed by atoms with E-state index in [0.717, 1.165) is 11.3 Å². The van der Waals surface area contributed by atoms with Crippen molar-refractivity contribution in [1.29, 1.82) is 0 Å². The molecule has 0 unspecified atom stereocenters. The number of hydrogen-bond donors (Lipinski definition) is 1. The smallest absolute Gasteiger partial charge is 0.294 e. The van der Waals surface area contributed by atoms with Gasteiger partial charge >= 0.3 is 0 Å². The van der Waals surface area contributed by atoms with Crippen molar-refractivity contribution in [2.24, 2.45) is 0 Å². The third kappa shape index (κ3) is 3.91. The van der Waals surface area contributed by atoms with Crippen molar-refractivity contribution >= 4 is 39.7 Å². The number of aromatic nitrogens is 3. The number of nitro benzene ring substituents is 1. The summed E-state index contributed by atoms with van der Waals surface area (Å²) < 4.78 is 14.8. The number of hydrogen-bond acceptors (Lipinski definition) is 6. The quantitative estimate of drug-likeness (QED) is 0.347. The number of carbonyl (C=O) groups is 1. The fourth-order valence-electron chi connectivity index (χ4n) is 2.72. The number of imidazole rings is 1. The first-order valence-electron chi connectivity index (χ1n) is 8.41. The summed E-state index contributed by atoms with van der Waals surface area (Å²) in [5, 5.41) is 16.0. The van der Waals surface area contributed by atoms with Gasteiger partial charge in [0, 0.05) is 35.0 Å². The molecule has 0 radical (unpaired) electrons. The van der Waals surface area contributed by atoms with Gasteiger partial charge in [0.2, 0.25) is 0 Å². The van der Waals surface area contributed by atoms with Crippen LogP contribution in [0.4, 0.5) is 15.2 Å². The Bertz CT molecular complexity index is 1260. The van der Waals surface area contributed by atoms with Gasteiger partial charge in [0.15, 0.2) is 5.13 Å². The van der Waals surface area contributed by atoms with Gasteiger partial charge in [-0.3, -0.25) is 20.2 Å². The minimum atomic E-state index is -0.564. The standard InChI is InChI=1S/C19H11ClFN5O3S/c20-13-7-11(1-3-14(13)21)15-9-30-19(23-15)24-18(27)12-2-4-16(17(8-12)26(28)29)25-6-5-22-10-25/h1-10H,(H,23,24,27). The Kier molecular flexibility index (Phi) is 5.25. The monoisotopic (exact) mass is 443 g/mol. The second-order valence-corrected chi connectivity index (χ2v) is 7.32. The van der Waals surface area contributed by atoms with Crippen molar-refractivity contribution < 1.29 is 14.1 Å². The summed E-state index contributed by atoms with van der Waals surface area (Å²) in [6.07, 6.45) is 4.50. The molecule has 4 rings (SSSR count). The molecular formula is C19H11ClFN5O3S. The topological polar surface area (TPSA) is 103 Å². The van der Waals surface area contributed by atoms with Crippen molar-refractivity contribution in [3.05, 3.63) is 87.0 Å². The van der Waals surface area contributed by atoms with Crippen molar-refractivity contribution in [2.45, 2.75) is 0 Å². The van der Waals surface area contributed by atoms with Gasteiger partial charge in [0.25, 0.3) is 11.6 Å². The Morgan fingerprint density at radius 1 is 1.27 bits per heavy atom. The molecule has 4 aromatic rings. The van der Waals surface area contributed by atoms with E-state index in [1.54, 1.807) is 11.6 Å². The normalized spacial score (nSPS) is 10.7. The molecule has 0 aliphatic rings. The fourth-order valence-corrected chi connectivity index (χ4v) is 3.61. The van der Waals surface area contributed by atoms with Crippen LogP contribution in [0.1, 0.15) is 10.4 Å². The number of anilines is 1. The number of halogens is 2. The number of thiazole rings is 1. The first-order valence-corrected chi connectivity index (χ1v) is 9.67. The summed E-state index contributed by atoms with van der Waals surface area (Å²) in [7, 11) is 0. The van der Waals surface area contributed by atoms with E-state index in [4.69, 9.17) is 11.6 Å². The maximum Gasteiger partial charge on any atom is 0.294 e. The summed E-state index contributed by atoms with van der Waals surface area (Å²) in [6, 6.07) is 8.35. The van der Waals surface area contributed by atoms with Crippen molar-refractivity contribution in [3.8, 4) is 16.9 Å². The first-order chi connectivity index (χ1) is 14.4. The summed E-state index contributed by atoms with van der Waals surface area (Å²) >= 11 is 6.96. The fraction of sp³-hybridized carbons (Fsp3) is 0. The molecule has 1 amide bonds. The maximum atomic E-state index is 13.3. The highest BCUT2D eigenvalue weighted by molar-refractivity contribution is 7.14. The number of nitrogens with one attached hydrogen (secondary N) is 1. The Hall–Kier alpha value is -3.63. The first kappa shape index (κ1) is 19.7. The molecule has 2 heterocycles. The van der Waals surface area contributed by atoms with Gasteiger partial charge in [-0.05, 0) is 30.3 Å². The lowest BCUT2D eigenvalue weighted by Crippen LogP contribution is -2.12. The minimum Gasteiger partial charge on any atom is -0.300 e. The van der Waals surface area contributed by atoms with E-state index in [1.165, 1.54) is 53.5 Å². The summed E-state index contributed by atoms with van der Waals surface area (Å²) in [5.41, 5.74) is 1.27. The number of rotatable bonds is 5. The molecule has 0 aliphatic heterocycles. The molecule has 1 N–H and O–H groups in total. The molecule has 0 saturated heterocycles. The van der Waals surface area contributed by atoms with Gasteiger partial charge in [-0.15, -0.1) is 11.3 Å². The van der Waals surface area contributed by atoms with Crippen LogP contribution in [0.3, 0.4) is 0 Å². The van der Waals surface area contributed by atoms with Crippen LogP contribution in [0.25, 0.3) is 16.9 Å². The Morgan fingerprint density at radius 3 is 2.80 bits per heavy atom. The van der Waals surface area contributed by atoms with E-state index >= 15 is 0 Å². The Morgan fingerprint density at radius 2 is 2.10 bits per heavy atom. The highest BCUT2D eigenvalue weighted by Crippen LogP contribution is 2.29. The van der Waals surface area contributed by atoms with Crippen LogP contribution >= 0.6 is 22.9 Å². The van der Waals surface area contributed by atoms with Crippen LogP contribution in [0, 0.1) is 15.9 Å². The molecule has 2 aromatic heterocycles. The Labute approximate surface area is 177 Å². The molecule has 150 valence electrons. The lowest BCUT2D eigenvalue weighted by atomic mass is 10.1. The van der Waals surface area contributed by atoms with Gasteiger partial charge in [-0.25, -0.2) is 14.4 Å². The number of carbonyl (C=O) groups excluding carboxylic acids is 1. The molecular weight excluding hydrogens is 433 g/mol. The van der Waals surface area contributed by atoms with Crippen LogP contribution in [0.2, 0.25) is 5.02 Å².